The van der Waals surface area contributed by atoms with Crippen LogP contribution in [0.3, 0.4) is 0 Å². The van der Waals surface area contributed by atoms with E-state index in [4.69, 9.17) is 4.74 Å². The topological polar surface area (TPSA) is 95.9 Å². The van der Waals surface area contributed by atoms with Crippen LogP contribution in [-0.2, 0) is 14.3 Å². The Kier molecular flexibility index (Phi) is 48.1. The zero-order valence-electron chi connectivity index (χ0n) is 41.3. The molecule has 0 aromatic heterocycles. The van der Waals surface area contributed by atoms with Crippen molar-refractivity contribution < 1.29 is 24.5 Å². The first-order valence-electron chi connectivity index (χ1n) is 26.9. The summed E-state index contributed by atoms with van der Waals surface area (Å²) < 4.78 is 5.91. The Bertz CT molecular complexity index is 1070. The third-order valence-corrected chi connectivity index (χ3v) is 12.1. The highest BCUT2D eigenvalue weighted by Crippen LogP contribution is 2.17. The number of amides is 1. The van der Waals surface area contributed by atoms with Crippen LogP contribution in [0.5, 0.6) is 0 Å². The lowest BCUT2D eigenvalue weighted by atomic mass is 10.0. The first kappa shape index (κ1) is 59.8. The number of carbonyl (C=O) groups excluding carboxylic acids is 2. The van der Waals surface area contributed by atoms with E-state index in [1.165, 1.54) is 148 Å². The maximum Gasteiger partial charge on any atom is 0.306 e. The molecule has 0 saturated heterocycles. The number of allylic oxidation sites excluding steroid dienone is 8. The summed E-state index contributed by atoms with van der Waals surface area (Å²) in [6.07, 6.45) is 60.3. The van der Waals surface area contributed by atoms with Gasteiger partial charge in [-0.2, -0.15) is 0 Å². The summed E-state index contributed by atoms with van der Waals surface area (Å²) in [5.41, 5.74) is 0. The van der Waals surface area contributed by atoms with Crippen molar-refractivity contribution in [1.82, 2.24) is 5.32 Å². The van der Waals surface area contributed by atoms with E-state index < -0.39 is 18.2 Å². The number of hydrogen-bond acceptors (Lipinski definition) is 5. The third-order valence-electron chi connectivity index (χ3n) is 12.1. The van der Waals surface area contributed by atoms with Crippen LogP contribution in [0.4, 0.5) is 0 Å². The molecule has 0 aromatic rings. The number of carbonyl (C=O) groups is 2. The first-order chi connectivity index (χ1) is 30.5. The van der Waals surface area contributed by atoms with Crippen LogP contribution < -0.4 is 5.32 Å². The van der Waals surface area contributed by atoms with Crippen molar-refractivity contribution in [3.05, 3.63) is 48.6 Å². The molecule has 362 valence electrons. The summed E-state index contributed by atoms with van der Waals surface area (Å²) in [4.78, 5) is 26.1. The van der Waals surface area contributed by atoms with Crippen LogP contribution in [0.2, 0.25) is 0 Å². The molecule has 6 heteroatoms. The number of esters is 1. The molecule has 0 aliphatic heterocycles. The van der Waals surface area contributed by atoms with Gasteiger partial charge in [0.15, 0.2) is 0 Å². The van der Waals surface area contributed by atoms with Gasteiger partial charge < -0.3 is 20.3 Å². The van der Waals surface area contributed by atoms with E-state index >= 15 is 0 Å². The molecule has 3 unspecified atom stereocenters. The molecule has 0 heterocycles. The number of hydrogen-bond donors (Lipinski definition) is 3. The number of ether oxygens (including phenoxy) is 1. The molecule has 0 bridgehead atoms. The van der Waals surface area contributed by atoms with Crippen LogP contribution in [-0.4, -0.2) is 46.9 Å². The second-order valence-electron chi connectivity index (χ2n) is 18.3. The van der Waals surface area contributed by atoms with Gasteiger partial charge in [-0.05, 0) is 89.9 Å². The van der Waals surface area contributed by atoms with E-state index in [0.29, 0.717) is 19.3 Å². The lowest BCUT2D eigenvalue weighted by molar-refractivity contribution is -0.151. The Balaban J connectivity index is 4.60. The molecule has 0 aromatic carbocycles. The van der Waals surface area contributed by atoms with Crippen LogP contribution in [0.15, 0.2) is 48.6 Å². The van der Waals surface area contributed by atoms with Crippen LogP contribution in [0, 0.1) is 0 Å². The lowest BCUT2D eigenvalue weighted by Crippen LogP contribution is -2.46. The molecule has 6 nitrogen and oxygen atoms in total. The summed E-state index contributed by atoms with van der Waals surface area (Å²) >= 11 is 0. The molecule has 0 fully saturated rings. The number of unbranched alkanes of at least 4 members (excludes halogenated alkanes) is 28. The van der Waals surface area contributed by atoms with Crippen LogP contribution in [0.25, 0.3) is 0 Å². The fraction of sp³-hybridized carbons (Fsp3) is 0.821. The smallest absolute Gasteiger partial charge is 0.306 e. The van der Waals surface area contributed by atoms with Gasteiger partial charge in [-0.3, -0.25) is 9.59 Å². The molecule has 0 spiro atoms. The van der Waals surface area contributed by atoms with E-state index in [-0.39, 0.29) is 24.9 Å². The van der Waals surface area contributed by atoms with Gasteiger partial charge in [0.05, 0.1) is 25.2 Å². The molecular formula is C56H103NO5. The number of rotatable bonds is 48. The molecule has 62 heavy (non-hydrogen) atoms. The van der Waals surface area contributed by atoms with E-state index in [9.17, 15) is 19.8 Å². The van der Waals surface area contributed by atoms with Gasteiger partial charge in [0, 0.05) is 6.42 Å². The Morgan fingerprint density at radius 3 is 1.31 bits per heavy atom. The Labute approximate surface area is 385 Å². The lowest BCUT2D eigenvalue weighted by Gasteiger charge is -2.24. The number of aliphatic hydroxyl groups excluding tert-OH is 2. The molecule has 0 rings (SSSR count). The average molecular weight is 870 g/mol. The van der Waals surface area contributed by atoms with E-state index in [1.807, 2.05) is 0 Å². The summed E-state index contributed by atoms with van der Waals surface area (Å²) in [7, 11) is 0. The van der Waals surface area contributed by atoms with Gasteiger partial charge in [0.1, 0.15) is 6.10 Å². The van der Waals surface area contributed by atoms with E-state index in [0.717, 1.165) is 77.0 Å². The SMILES string of the molecule is CCCCC/C=C\C/C=C\C/C=C\CCCCC(CC(=O)NC(CO)C(O)CCCCCCCCCCCCCCCCCC)OC(=O)CCCCCCC/C=C\CCCCC. The second-order valence-corrected chi connectivity index (χ2v) is 18.3. The van der Waals surface area contributed by atoms with Gasteiger partial charge in [-0.25, -0.2) is 0 Å². The van der Waals surface area contributed by atoms with Gasteiger partial charge in [-0.1, -0.05) is 217 Å². The Morgan fingerprint density at radius 2 is 0.823 bits per heavy atom. The molecule has 0 radical (unpaired) electrons. The summed E-state index contributed by atoms with van der Waals surface area (Å²) in [5.74, 6) is -0.516. The van der Waals surface area contributed by atoms with Crippen molar-refractivity contribution in [2.75, 3.05) is 6.61 Å². The first-order valence-corrected chi connectivity index (χ1v) is 26.9. The fourth-order valence-electron chi connectivity index (χ4n) is 8.02. The maximum absolute atomic E-state index is 13.2. The molecule has 3 atom stereocenters. The molecule has 0 aliphatic carbocycles. The highest BCUT2D eigenvalue weighted by molar-refractivity contribution is 5.77. The van der Waals surface area contributed by atoms with Crippen molar-refractivity contribution in [1.29, 1.82) is 0 Å². The quantitative estimate of drug-likeness (QED) is 0.0322. The number of aliphatic hydroxyl groups is 2. The summed E-state index contributed by atoms with van der Waals surface area (Å²) in [6.45, 7) is 6.43. The Morgan fingerprint density at radius 1 is 0.468 bits per heavy atom. The van der Waals surface area contributed by atoms with Crippen molar-refractivity contribution in [3.63, 3.8) is 0 Å². The normalized spacial score (nSPS) is 13.6. The zero-order valence-corrected chi connectivity index (χ0v) is 41.3. The Hall–Kier alpha value is -2.18. The predicted octanol–water partition coefficient (Wildman–Crippen LogP) is 16.2. The maximum atomic E-state index is 13.2. The molecule has 1 amide bonds. The van der Waals surface area contributed by atoms with Gasteiger partial charge in [0.2, 0.25) is 5.91 Å². The molecule has 0 saturated carbocycles. The summed E-state index contributed by atoms with van der Waals surface area (Å²) in [6, 6.07) is -0.715. The zero-order chi connectivity index (χ0) is 45.2. The highest BCUT2D eigenvalue weighted by Gasteiger charge is 2.24. The average Bonchev–Trinajstić information content (AvgIpc) is 3.26. The van der Waals surface area contributed by atoms with Gasteiger partial charge in [0.25, 0.3) is 0 Å². The number of nitrogens with one attached hydrogen (secondary N) is 1. The minimum atomic E-state index is -0.799. The van der Waals surface area contributed by atoms with E-state index in [1.54, 1.807) is 0 Å². The van der Waals surface area contributed by atoms with Gasteiger partial charge >= 0.3 is 5.97 Å². The minimum Gasteiger partial charge on any atom is -0.462 e. The minimum absolute atomic E-state index is 0.0493. The molecular weight excluding hydrogens is 767 g/mol. The molecule has 3 N–H and O–H groups in total. The monoisotopic (exact) mass is 870 g/mol. The van der Waals surface area contributed by atoms with Crippen molar-refractivity contribution in [3.8, 4) is 0 Å². The van der Waals surface area contributed by atoms with Crippen LogP contribution in [0.1, 0.15) is 271 Å². The van der Waals surface area contributed by atoms with Crippen LogP contribution >= 0.6 is 0 Å². The summed E-state index contributed by atoms with van der Waals surface area (Å²) in [5, 5.41) is 23.8. The van der Waals surface area contributed by atoms with E-state index in [2.05, 4.69) is 74.7 Å². The second kappa shape index (κ2) is 49.8. The van der Waals surface area contributed by atoms with Crippen molar-refractivity contribution in [2.24, 2.45) is 0 Å². The largest absolute Gasteiger partial charge is 0.462 e. The standard InChI is InChI=1S/C56H103NO5/c1-4-7-10-13-16-19-22-25-27-29-31-33-36-39-42-45-48-54(59)53(51-58)57-55(60)50-52(47-44-41-38-35-32-30-28-26-23-20-17-14-11-8-5-2)62-56(61)49-46-43-40-37-34-24-21-18-15-12-9-6-3/h17-18,20-21,26,28,32,35,52-54,58-59H,4-16,19,22-25,27,29-31,33-34,36-51H2,1-3H3,(H,57,60)/b20-17-,21-18-,28-26-,35-32-. The van der Waals surface area contributed by atoms with Gasteiger partial charge in [-0.15, -0.1) is 0 Å². The van der Waals surface area contributed by atoms with Crippen molar-refractivity contribution in [2.45, 2.75) is 289 Å². The fourth-order valence-corrected chi connectivity index (χ4v) is 8.02. The molecule has 0 aliphatic rings. The van der Waals surface area contributed by atoms with Crippen molar-refractivity contribution >= 4 is 11.9 Å². The predicted molar refractivity (Wildman–Crippen MR) is 269 cm³/mol. The third kappa shape index (κ3) is 44.4. The highest BCUT2D eigenvalue weighted by atomic mass is 16.5.